The molecular weight excluding hydrogens is 244 g/mol. The Balaban J connectivity index is 2.12. The van der Waals surface area contributed by atoms with Gasteiger partial charge in [-0.15, -0.1) is 0 Å². The van der Waals surface area contributed by atoms with E-state index in [2.05, 4.69) is 14.7 Å². The fourth-order valence-corrected chi connectivity index (χ4v) is 1.78. The molecule has 18 heavy (non-hydrogen) atoms. The second-order valence-electron chi connectivity index (χ2n) is 4.07. The lowest BCUT2D eigenvalue weighted by atomic mass is 10.1. The van der Waals surface area contributed by atoms with Crippen LogP contribution in [0.4, 0.5) is 14.6 Å². The van der Waals surface area contributed by atoms with Gasteiger partial charge in [-0.1, -0.05) is 0 Å². The molecule has 1 aromatic rings. The summed E-state index contributed by atoms with van der Waals surface area (Å²) in [6.45, 7) is 0.426. The van der Waals surface area contributed by atoms with Crippen LogP contribution in [0.25, 0.3) is 0 Å². The fourth-order valence-electron chi connectivity index (χ4n) is 1.78. The number of esters is 1. The van der Waals surface area contributed by atoms with Gasteiger partial charge in [0.05, 0.1) is 7.11 Å². The maximum Gasteiger partial charge on any atom is 0.376 e. The number of ether oxygens (including phenoxy) is 1. The SMILES string of the molecule is COC(=O)c1nccc(N2CCC(F)(F)CC2)n1. The van der Waals surface area contributed by atoms with Crippen molar-refractivity contribution in [3.8, 4) is 0 Å². The molecule has 98 valence electrons. The number of carbonyl (C=O) groups excluding carboxylic acids is 1. The summed E-state index contributed by atoms with van der Waals surface area (Å²) in [7, 11) is 1.24. The van der Waals surface area contributed by atoms with Gasteiger partial charge in [-0.05, 0) is 6.07 Å². The first-order chi connectivity index (χ1) is 8.52. The highest BCUT2D eigenvalue weighted by molar-refractivity contribution is 5.85. The van der Waals surface area contributed by atoms with Gasteiger partial charge in [0.25, 0.3) is 5.92 Å². The summed E-state index contributed by atoms with van der Waals surface area (Å²) < 4.78 is 30.6. The van der Waals surface area contributed by atoms with Crippen LogP contribution >= 0.6 is 0 Å². The van der Waals surface area contributed by atoms with E-state index in [1.54, 1.807) is 11.0 Å². The van der Waals surface area contributed by atoms with Crippen LogP contribution < -0.4 is 4.90 Å². The number of piperidine rings is 1. The van der Waals surface area contributed by atoms with E-state index in [1.807, 2.05) is 0 Å². The number of carbonyl (C=O) groups is 1. The van der Waals surface area contributed by atoms with Gasteiger partial charge >= 0.3 is 5.97 Å². The van der Waals surface area contributed by atoms with Crippen molar-refractivity contribution in [1.82, 2.24) is 9.97 Å². The van der Waals surface area contributed by atoms with Crippen molar-refractivity contribution in [2.24, 2.45) is 0 Å². The van der Waals surface area contributed by atoms with Crippen LogP contribution in [0.5, 0.6) is 0 Å². The number of anilines is 1. The van der Waals surface area contributed by atoms with E-state index < -0.39 is 11.9 Å². The van der Waals surface area contributed by atoms with Crippen molar-refractivity contribution in [1.29, 1.82) is 0 Å². The van der Waals surface area contributed by atoms with Crippen LogP contribution in [0.3, 0.4) is 0 Å². The van der Waals surface area contributed by atoms with E-state index in [-0.39, 0.29) is 31.8 Å². The van der Waals surface area contributed by atoms with Gasteiger partial charge in [0.15, 0.2) is 0 Å². The molecule has 2 rings (SSSR count). The van der Waals surface area contributed by atoms with Crippen LogP contribution in [0, 0.1) is 0 Å². The van der Waals surface area contributed by atoms with Crippen LogP contribution in [-0.4, -0.2) is 42.1 Å². The Kier molecular flexibility index (Phi) is 3.40. The quantitative estimate of drug-likeness (QED) is 0.751. The van der Waals surface area contributed by atoms with Crippen molar-refractivity contribution < 1.29 is 18.3 Å². The van der Waals surface area contributed by atoms with Gasteiger partial charge in [0.1, 0.15) is 5.82 Å². The Labute approximate surface area is 103 Å². The molecule has 0 saturated carbocycles. The molecule has 0 atom stereocenters. The molecule has 1 aliphatic heterocycles. The first-order valence-electron chi connectivity index (χ1n) is 5.56. The lowest BCUT2D eigenvalue weighted by Gasteiger charge is -2.32. The van der Waals surface area contributed by atoms with Gasteiger partial charge in [-0.2, -0.15) is 0 Å². The lowest BCUT2D eigenvalue weighted by Crippen LogP contribution is -2.39. The molecule has 0 bridgehead atoms. The van der Waals surface area contributed by atoms with Gasteiger partial charge in [-0.3, -0.25) is 0 Å². The van der Waals surface area contributed by atoms with Crippen molar-refractivity contribution in [2.45, 2.75) is 18.8 Å². The normalized spacial score (nSPS) is 18.5. The lowest BCUT2D eigenvalue weighted by molar-refractivity contribution is -0.0221. The first kappa shape index (κ1) is 12.7. The molecule has 5 nitrogen and oxygen atoms in total. The first-order valence-corrected chi connectivity index (χ1v) is 5.56. The van der Waals surface area contributed by atoms with Gasteiger partial charge in [0.2, 0.25) is 5.82 Å². The smallest absolute Gasteiger partial charge is 0.376 e. The number of methoxy groups -OCH3 is 1. The minimum Gasteiger partial charge on any atom is -0.463 e. The van der Waals surface area contributed by atoms with Crippen molar-refractivity contribution >= 4 is 11.8 Å². The molecule has 0 radical (unpaired) electrons. The maximum atomic E-state index is 13.0. The predicted molar refractivity (Wildman–Crippen MR) is 59.8 cm³/mol. The minimum atomic E-state index is -2.60. The molecule has 0 aromatic carbocycles. The molecule has 2 heterocycles. The summed E-state index contributed by atoms with van der Waals surface area (Å²) in [5.74, 6) is -2.83. The number of nitrogens with zero attached hydrogens (tertiary/aromatic N) is 3. The van der Waals surface area contributed by atoms with Crippen molar-refractivity contribution in [3.63, 3.8) is 0 Å². The molecule has 0 aliphatic carbocycles. The molecule has 1 fully saturated rings. The molecule has 0 N–H and O–H groups in total. The molecule has 7 heteroatoms. The number of halogens is 2. The van der Waals surface area contributed by atoms with Gasteiger partial charge < -0.3 is 9.64 Å². The van der Waals surface area contributed by atoms with Crippen molar-refractivity contribution in [2.75, 3.05) is 25.1 Å². The summed E-state index contributed by atoms with van der Waals surface area (Å²) in [6.07, 6.45) is 1.01. The molecule has 0 amide bonds. The fraction of sp³-hybridized carbons (Fsp3) is 0.545. The topological polar surface area (TPSA) is 55.3 Å². The maximum absolute atomic E-state index is 13.0. The Bertz CT molecular complexity index is 444. The Morgan fingerprint density at radius 2 is 2.11 bits per heavy atom. The highest BCUT2D eigenvalue weighted by Crippen LogP contribution is 2.29. The zero-order valence-corrected chi connectivity index (χ0v) is 9.90. The third kappa shape index (κ3) is 2.72. The number of hydrogen-bond donors (Lipinski definition) is 0. The highest BCUT2D eigenvalue weighted by Gasteiger charge is 2.34. The molecule has 1 aliphatic rings. The molecule has 1 saturated heterocycles. The summed E-state index contributed by atoms with van der Waals surface area (Å²) in [4.78, 5) is 20.8. The average molecular weight is 257 g/mol. The second-order valence-corrected chi connectivity index (χ2v) is 4.07. The number of rotatable bonds is 2. The van der Waals surface area contributed by atoms with E-state index in [4.69, 9.17) is 0 Å². The molecule has 0 unspecified atom stereocenters. The third-order valence-corrected chi connectivity index (χ3v) is 2.83. The summed E-state index contributed by atoms with van der Waals surface area (Å²) in [5.41, 5.74) is 0. The monoisotopic (exact) mass is 257 g/mol. The van der Waals surface area contributed by atoms with Crippen LogP contribution in [0.2, 0.25) is 0 Å². The van der Waals surface area contributed by atoms with E-state index in [1.165, 1.54) is 13.3 Å². The highest BCUT2D eigenvalue weighted by atomic mass is 19.3. The Morgan fingerprint density at radius 1 is 1.44 bits per heavy atom. The second kappa shape index (κ2) is 4.83. The summed E-state index contributed by atoms with van der Waals surface area (Å²) >= 11 is 0. The molecular formula is C11H13F2N3O2. The standard InChI is InChI=1S/C11H13F2N3O2/c1-18-10(17)9-14-5-2-8(15-9)16-6-3-11(12,13)4-7-16/h2,5H,3-4,6-7H2,1H3. The molecule has 0 spiro atoms. The third-order valence-electron chi connectivity index (χ3n) is 2.83. The number of hydrogen-bond acceptors (Lipinski definition) is 5. The Hall–Kier alpha value is -1.79. The van der Waals surface area contributed by atoms with E-state index in [0.717, 1.165) is 0 Å². The summed E-state index contributed by atoms with van der Waals surface area (Å²) in [6, 6.07) is 1.59. The van der Waals surface area contributed by atoms with E-state index in [0.29, 0.717) is 5.82 Å². The molecule has 1 aromatic heterocycles. The minimum absolute atomic E-state index is 0.0627. The van der Waals surface area contributed by atoms with Crippen LogP contribution in [0.1, 0.15) is 23.5 Å². The zero-order chi connectivity index (χ0) is 13.2. The zero-order valence-electron chi connectivity index (χ0n) is 9.90. The van der Waals surface area contributed by atoms with E-state index >= 15 is 0 Å². The van der Waals surface area contributed by atoms with Crippen LogP contribution in [0.15, 0.2) is 12.3 Å². The number of alkyl halides is 2. The van der Waals surface area contributed by atoms with Gasteiger partial charge in [0, 0.05) is 32.1 Å². The average Bonchev–Trinajstić information content (AvgIpc) is 2.38. The van der Waals surface area contributed by atoms with E-state index in [9.17, 15) is 13.6 Å². The number of aromatic nitrogens is 2. The van der Waals surface area contributed by atoms with Gasteiger partial charge in [-0.25, -0.2) is 23.5 Å². The Morgan fingerprint density at radius 3 is 2.72 bits per heavy atom. The van der Waals surface area contributed by atoms with Crippen molar-refractivity contribution in [3.05, 3.63) is 18.1 Å². The largest absolute Gasteiger partial charge is 0.463 e. The predicted octanol–water partition coefficient (Wildman–Crippen LogP) is 1.50. The van der Waals surface area contributed by atoms with Crippen LogP contribution in [-0.2, 0) is 4.74 Å². The summed E-state index contributed by atoms with van der Waals surface area (Å²) in [5, 5.41) is 0.